The third-order valence-corrected chi connectivity index (χ3v) is 6.90. The topological polar surface area (TPSA) is 77.1 Å². The van der Waals surface area contributed by atoms with Gasteiger partial charge in [-0.3, -0.25) is 4.90 Å². The van der Waals surface area contributed by atoms with Crippen molar-refractivity contribution >= 4 is 0 Å². The van der Waals surface area contributed by atoms with Gasteiger partial charge in [-0.15, -0.1) is 0 Å². The standard InChI is InChI=1S/C32H41NO8/c1-7-8-22-9-10-25(26(15-22)34-2)41-30-17-23(20-33-11-13-39-14-12-33)16-29(37-5)32(30)40-21-24-18-27(35-3)31(38-6)28(19-24)36-4/h9-10,15-19H,7-8,11-14,20-21H2,1-6H3. The summed E-state index contributed by atoms with van der Waals surface area (Å²) in [6.07, 6.45) is 2.01. The van der Waals surface area contributed by atoms with Crippen molar-refractivity contribution in [3.63, 3.8) is 0 Å². The summed E-state index contributed by atoms with van der Waals surface area (Å²) in [5.41, 5.74) is 3.06. The number of hydrogen-bond donors (Lipinski definition) is 0. The molecule has 0 saturated carbocycles. The molecule has 0 spiro atoms. The van der Waals surface area contributed by atoms with Gasteiger partial charge in [-0.05, 0) is 59.5 Å². The van der Waals surface area contributed by atoms with Gasteiger partial charge < -0.3 is 37.9 Å². The van der Waals surface area contributed by atoms with E-state index < -0.39 is 0 Å². The van der Waals surface area contributed by atoms with Crippen molar-refractivity contribution in [1.82, 2.24) is 4.90 Å². The van der Waals surface area contributed by atoms with E-state index in [0.717, 1.165) is 56.8 Å². The quantitative estimate of drug-likeness (QED) is 0.237. The highest BCUT2D eigenvalue weighted by Gasteiger charge is 2.21. The largest absolute Gasteiger partial charge is 0.493 e. The van der Waals surface area contributed by atoms with Gasteiger partial charge in [-0.1, -0.05) is 19.4 Å². The first-order valence-electron chi connectivity index (χ1n) is 13.8. The third-order valence-electron chi connectivity index (χ3n) is 6.90. The van der Waals surface area contributed by atoms with E-state index >= 15 is 0 Å². The molecule has 1 aliphatic heterocycles. The molecule has 0 bridgehead atoms. The van der Waals surface area contributed by atoms with Gasteiger partial charge in [-0.25, -0.2) is 0 Å². The number of aryl methyl sites for hydroxylation is 1. The molecule has 4 rings (SSSR count). The molecule has 0 aromatic heterocycles. The van der Waals surface area contributed by atoms with E-state index in [9.17, 15) is 0 Å². The second-order valence-electron chi connectivity index (χ2n) is 9.67. The molecule has 3 aromatic carbocycles. The average Bonchev–Trinajstić information content (AvgIpc) is 3.00. The van der Waals surface area contributed by atoms with E-state index in [0.29, 0.717) is 46.0 Å². The lowest BCUT2D eigenvalue weighted by Crippen LogP contribution is -2.35. The van der Waals surface area contributed by atoms with Crippen molar-refractivity contribution in [3.05, 3.63) is 59.2 Å². The van der Waals surface area contributed by atoms with Crippen LogP contribution in [0.15, 0.2) is 42.5 Å². The SMILES string of the molecule is CCCc1ccc(Oc2cc(CN3CCOCC3)cc(OC)c2OCc2cc(OC)c(OC)c(OC)c2)c(OC)c1. The van der Waals surface area contributed by atoms with Crippen LogP contribution in [-0.2, 0) is 24.3 Å². The summed E-state index contributed by atoms with van der Waals surface area (Å²) >= 11 is 0. The fraction of sp³-hybridized carbons (Fsp3) is 0.438. The Bertz CT molecular complexity index is 1260. The van der Waals surface area contributed by atoms with Gasteiger partial charge in [-0.2, -0.15) is 0 Å². The lowest BCUT2D eigenvalue weighted by atomic mass is 10.1. The number of nitrogens with zero attached hydrogens (tertiary/aromatic N) is 1. The van der Waals surface area contributed by atoms with Crippen LogP contribution in [0.4, 0.5) is 0 Å². The van der Waals surface area contributed by atoms with E-state index in [-0.39, 0.29) is 6.61 Å². The Kier molecular flexibility index (Phi) is 10.8. The molecule has 1 fully saturated rings. The Balaban J connectivity index is 1.70. The van der Waals surface area contributed by atoms with Crippen molar-refractivity contribution in [2.24, 2.45) is 0 Å². The predicted molar refractivity (Wildman–Crippen MR) is 157 cm³/mol. The maximum Gasteiger partial charge on any atom is 0.204 e. The van der Waals surface area contributed by atoms with Crippen molar-refractivity contribution in [3.8, 4) is 46.0 Å². The van der Waals surface area contributed by atoms with Crippen LogP contribution in [-0.4, -0.2) is 66.8 Å². The fourth-order valence-electron chi connectivity index (χ4n) is 4.84. The lowest BCUT2D eigenvalue weighted by molar-refractivity contribution is 0.0341. The zero-order valence-corrected chi connectivity index (χ0v) is 24.9. The van der Waals surface area contributed by atoms with Gasteiger partial charge in [0.1, 0.15) is 6.61 Å². The highest BCUT2D eigenvalue weighted by Crippen LogP contribution is 2.44. The average molecular weight is 568 g/mol. The minimum absolute atomic E-state index is 0.207. The monoisotopic (exact) mass is 567 g/mol. The minimum Gasteiger partial charge on any atom is -0.493 e. The summed E-state index contributed by atoms with van der Waals surface area (Å²) < 4.78 is 46.5. The second-order valence-corrected chi connectivity index (χ2v) is 9.67. The van der Waals surface area contributed by atoms with Crippen molar-refractivity contribution < 1.29 is 37.9 Å². The van der Waals surface area contributed by atoms with Gasteiger partial charge in [0.15, 0.2) is 34.5 Å². The number of methoxy groups -OCH3 is 5. The number of rotatable bonds is 14. The van der Waals surface area contributed by atoms with Crippen molar-refractivity contribution in [2.75, 3.05) is 61.9 Å². The molecule has 9 heteroatoms. The fourth-order valence-corrected chi connectivity index (χ4v) is 4.84. The van der Waals surface area contributed by atoms with Gasteiger partial charge in [0.25, 0.3) is 0 Å². The van der Waals surface area contributed by atoms with Crippen LogP contribution in [0, 0.1) is 0 Å². The molecular weight excluding hydrogens is 526 g/mol. The zero-order valence-electron chi connectivity index (χ0n) is 24.9. The van der Waals surface area contributed by atoms with E-state index in [1.165, 1.54) is 5.56 Å². The third kappa shape index (κ3) is 7.48. The van der Waals surface area contributed by atoms with E-state index in [2.05, 4.69) is 17.9 Å². The maximum absolute atomic E-state index is 6.51. The molecule has 1 aliphatic rings. The number of morpholine rings is 1. The summed E-state index contributed by atoms with van der Waals surface area (Å²) in [6.45, 7) is 6.26. The lowest BCUT2D eigenvalue weighted by Gasteiger charge is -2.27. The van der Waals surface area contributed by atoms with Crippen LogP contribution in [0.25, 0.3) is 0 Å². The Labute approximate surface area is 242 Å². The zero-order chi connectivity index (χ0) is 29.2. The van der Waals surface area contributed by atoms with Gasteiger partial charge in [0, 0.05) is 19.6 Å². The Morgan fingerprint density at radius 2 is 1.22 bits per heavy atom. The molecular formula is C32H41NO8. The second kappa shape index (κ2) is 14.7. The van der Waals surface area contributed by atoms with Crippen LogP contribution in [0.3, 0.4) is 0 Å². The first kappa shape index (κ1) is 30.1. The normalized spacial score (nSPS) is 13.4. The smallest absolute Gasteiger partial charge is 0.204 e. The van der Waals surface area contributed by atoms with E-state index in [1.54, 1.807) is 35.5 Å². The minimum atomic E-state index is 0.207. The van der Waals surface area contributed by atoms with Crippen molar-refractivity contribution in [1.29, 1.82) is 0 Å². The molecule has 0 N–H and O–H groups in total. The Hall–Kier alpha value is -3.82. The van der Waals surface area contributed by atoms with Crippen LogP contribution in [0.2, 0.25) is 0 Å². The molecule has 0 atom stereocenters. The Morgan fingerprint density at radius 3 is 1.83 bits per heavy atom. The first-order chi connectivity index (χ1) is 20.0. The number of hydrogen-bond acceptors (Lipinski definition) is 9. The molecule has 0 aliphatic carbocycles. The first-order valence-corrected chi connectivity index (χ1v) is 13.8. The summed E-state index contributed by atoms with van der Waals surface area (Å²) in [5, 5.41) is 0. The van der Waals surface area contributed by atoms with E-state index in [4.69, 9.17) is 37.9 Å². The molecule has 1 heterocycles. The predicted octanol–water partition coefficient (Wildman–Crippen LogP) is 5.89. The summed E-state index contributed by atoms with van der Waals surface area (Å²) in [4.78, 5) is 2.35. The van der Waals surface area contributed by atoms with Crippen molar-refractivity contribution in [2.45, 2.75) is 32.9 Å². The van der Waals surface area contributed by atoms with E-state index in [1.807, 2.05) is 36.4 Å². The molecule has 0 amide bonds. The molecule has 0 radical (unpaired) electrons. The molecule has 0 unspecified atom stereocenters. The molecule has 3 aromatic rings. The highest BCUT2D eigenvalue weighted by molar-refractivity contribution is 5.57. The molecule has 41 heavy (non-hydrogen) atoms. The van der Waals surface area contributed by atoms with Crippen LogP contribution in [0.1, 0.15) is 30.0 Å². The molecule has 9 nitrogen and oxygen atoms in total. The molecule has 1 saturated heterocycles. The molecule has 222 valence electrons. The summed E-state index contributed by atoms with van der Waals surface area (Å²) in [6, 6.07) is 13.7. The van der Waals surface area contributed by atoms with Gasteiger partial charge in [0.05, 0.1) is 48.8 Å². The Morgan fingerprint density at radius 1 is 0.634 bits per heavy atom. The van der Waals surface area contributed by atoms with Gasteiger partial charge >= 0.3 is 0 Å². The number of benzene rings is 3. The summed E-state index contributed by atoms with van der Waals surface area (Å²) in [5.74, 6) is 4.44. The summed E-state index contributed by atoms with van der Waals surface area (Å²) in [7, 11) is 8.03. The van der Waals surface area contributed by atoms with Gasteiger partial charge in [0.2, 0.25) is 11.5 Å². The highest BCUT2D eigenvalue weighted by atomic mass is 16.6. The number of ether oxygens (including phenoxy) is 8. The van der Waals surface area contributed by atoms with Crippen LogP contribution < -0.4 is 33.2 Å². The van der Waals surface area contributed by atoms with Crippen LogP contribution in [0.5, 0.6) is 46.0 Å². The maximum atomic E-state index is 6.51. The van der Waals surface area contributed by atoms with Crippen LogP contribution >= 0.6 is 0 Å².